The molecule has 1 aromatic heterocycles. The van der Waals surface area contributed by atoms with Crippen molar-refractivity contribution in [1.29, 1.82) is 0 Å². The van der Waals surface area contributed by atoms with Gasteiger partial charge in [-0.05, 0) is 82.2 Å². The van der Waals surface area contributed by atoms with Crippen LogP contribution in [0.4, 0.5) is 26.1 Å². The Hall–Kier alpha value is -2.46. The fraction of sp³-hybridized carbons (Fsp3) is 0.607. The second-order valence-electron chi connectivity index (χ2n) is 11.3. The van der Waals surface area contributed by atoms with Crippen molar-refractivity contribution in [3.8, 4) is 0 Å². The monoisotopic (exact) mass is 547 g/mol. The molecule has 3 aliphatic rings. The van der Waals surface area contributed by atoms with Gasteiger partial charge in [0.1, 0.15) is 5.82 Å². The molecule has 0 radical (unpaired) electrons. The number of amides is 1. The van der Waals surface area contributed by atoms with Gasteiger partial charge in [-0.1, -0.05) is 6.07 Å². The zero-order valence-electron chi connectivity index (χ0n) is 22.5. The highest BCUT2D eigenvalue weighted by molar-refractivity contribution is 7.98. The number of halogens is 2. The normalized spacial score (nSPS) is 19.5. The number of nitrogens with zero attached hydrogens (tertiary/aromatic N) is 3. The molecule has 38 heavy (non-hydrogen) atoms. The lowest BCUT2D eigenvalue weighted by Gasteiger charge is -2.34. The van der Waals surface area contributed by atoms with E-state index in [1.54, 1.807) is 18.0 Å². The Kier molecular flexibility index (Phi) is 8.82. The number of benzene rings is 1. The van der Waals surface area contributed by atoms with Crippen molar-refractivity contribution in [1.82, 2.24) is 9.97 Å². The van der Waals surface area contributed by atoms with E-state index in [2.05, 4.69) is 20.5 Å². The Morgan fingerprint density at radius 1 is 1.13 bits per heavy atom. The smallest absolute Gasteiger partial charge is 0.278 e. The molecule has 1 aliphatic heterocycles. The van der Waals surface area contributed by atoms with E-state index in [9.17, 15) is 18.7 Å². The van der Waals surface area contributed by atoms with E-state index in [1.807, 2.05) is 44.4 Å². The van der Waals surface area contributed by atoms with Crippen LogP contribution in [0.15, 0.2) is 35.4 Å². The van der Waals surface area contributed by atoms with Gasteiger partial charge in [-0.3, -0.25) is 4.79 Å². The molecule has 3 N–H and O–H groups in total. The van der Waals surface area contributed by atoms with Gasteiger partial charge in [0.25, 0.3) is 5.91 Å². The zero-order valence-corrected chi connectivity index (χ0v) is 23.3. The minimum atomic E-state index is -2.31. The van der Waals surface area contributed by atoms with E-state index in [4.69, 9.17) is 4.98 Å². The number of carbonyl (C=O) groups is 1. The number of hydrogen-bond acceptors (Lipinski definition) is 7. The number of aliphatic hydroxyl groups is 1. The van der Waals surface area contributed by atoms with Gasteiger partial charge in [0.2, 0.25) is 5.92 Å². The van der Waals surface area contributed by atoms with Crippen molar-refractivity contribution < 1.29 is 18.7 Å². The van der Waals surface area contributed by atoms with E-state index >= 15 is 0 Å². The van der Waals surface area contributed by atoms with Crippen LogP contribution in [0.2, 0.25) is 0 Å². The van der Waals surface area contributed by atoms with Crippen LogP contribution < -0.4 is 15.5 Å². The summed E-state index contributed by atoms with van der Waals surface area (Å²) in [7, 11) is 0. The van der Waals surface area contributed by atoms with Crippen molar-refractivity contribution in [3.05, 3.63) is 36.2 Å². The lowest BCUT2D eigenvalue weighted by Crippen LogP contribution is -2.38. The third kappa shape index (κ3) is 7.56. The van der Waals surface area contributed by atoms with Crippen LogP contribution in [0.3, 0.4) is 0 Å². The molecule has 2 aromatic rings. The van der Waals surface area contributed by atoms with E-state index in [-0.39, 0.29) is 25.4 Å². The second-order valence-corrected chi connectivity index (χ2v) is 12.2. The van der Waals surface area contributed by atoms with Crippen molar-refractivity contribution in [2.45, 2.75) is 81.6 Å². The number of rotatable bonds is 7. The maximum atomic E-state index is 13.2. The highest BCUT2D eigenvalue weighted by Gasteiger charge is 2.45. The van der Waals surface area contributed by atoms with Gasteiger partial charge < -0.3 is 20.6 Å². The molecule has 1 spiro atoms. The number of carbonyl (C=O) groups excluding carboxylic acids is 1. The summed E-state index contributed by atoms with van der Waals surface area (Å²) in [6.45, 7) is 5.51. The topological polar surface area (TPSA) is 90.4 Å². The molecule has 3 fully saturated rings. The number of aromatic nitrogens is 2. The molecule has 10 heteroatoms. The molecule has 5 rings (SSSR count). The standard InChI is InChI=1S/C23H31N5O2S.C5H8F2/c1-22(2,15-29)27-18-14-24-19(21(30)25-16-5-4-6-17(13-16)31-3)20(26-18)28-11-9-23(7-8-23)10-12-28;6-5(7)3-1-2-4-5/h4-6,13-14,29H,7-12,15H2,1-3H3,(H,25,30)(H,26,27);1-4H2. The minimum absolute atomic E-state index is 0.0374. The first-order valence-electron chi connectivity index (χ1n) is 13.4. The third-order valence-electron chi connectivity index (χ3n) is 7.57. The fourth-order valence-corrected chi connectivity index (χ4v) is 5.32. The summed E-state index contributed by atoms with van der Waals surface area (Å²) in [5, 5.41) is 15.8. The van der Waals surface area contributed by atoms with Gasteiger partial charge >= 0.3 is 0 Å². The van der Waals surface area contributed by atoms with Crippen molar-refractivity contribution in [2.75, 3.05) is 41.5 Å². The molecule has 2 aliphatic carbocycles. The average Bonchev–Trinajstić information content (AvgIpc) is 3.53. The predicted octanol–water partition coefficient (Wildman–Crippen LogP) is 6.21. The van der Waals surface area contributed by atoms with Gasteiger partial charge in [-0.2, -0.15) is 0 Å². The SMILES string of the molecule is CSc1cccc(NC(=O)c2ncc(NC(C)(C)CO)nc2N2CCC3(CC2)CC3)c1.FC1(F)CCCC1. The number of aliphatic hydroxyl groups excluding tert-OH is 1. The van der Waals surface area contributed by atoms with Crippen LogP contribution in [0, 0.1) is 5.41 Å². The molecule has 1 saturated heterocycles. The molecule has 208 valence electrons. The molecule has 0 atom stereocenters. The largest absolute Gasteiger partial charge is 0.394 e. The van der Waals surface area contributed by atoms with Gasteiger partial charge in [0.05, 0.1) is 18.3 Å². The number of thioether (sulfide) groups is 1. The quantitative estimate of drug-likeness (QED) is 0.355. The zero-order chi connectivity index (χ0) is 27.4. The number of nitrogens with one attached hydrogen (secondary N) is 2. The van der Waals surface area contributed by atoms with E-state index in [0.29, 0.717) is 35.6 Å². The third-order valence-corrected chi connectivity index (χ3v) is 8.30. The van der Waals surface area contributed by atoms with Crippen LogP contribution in [-0.2, 0) is 0 Å². The summed E-state index contributed by atoms with van der Waals surface area (Å²) < 4.78 is 23.9. The first-order chi connectivity index (χ1) is 18.0. The lowest BCUT2D eigenvalue weighted by molar-refractivity contribution is 0.00930. The molecule has 7 nitrogen and oxygen atoms in total. The van der Waals surface area contributed by atoms with Crippen LogP contribution in [0.1, 0.15) is 75.7 Å². The van der Waals surface area contributed by atoms with Crippen LogP contribution >= 0.6 is 11.8 Å². The number of alkyl halides is 2. The Labute approximate surface area is 228 Å². The summed E-state index contributed by atoms with van der Waals surface area (Å²) in [4.78, 5) is 25.7. The fourth-order valence-electron chi connectivity index (χ4n) is 4.86. The molecule has 1 amide bonds. The van der Waals surface area contributed by atoms with Crippen molar-refractivity contribution in [3.63, 3.8) is 0 Å². The Balaban J connectivity index is 0.000000417. The highest BCUT2D eigenvalue weighted by atomic mass is 32.2. The molecule has 2 heterocycles. The van der Waals surface area contributed by atoms with Gasteiger partial charge in [-0.15, -0.1) is 11.8 Å². The number of hydrogen-bond donors (Lipinski definition) is 3. The first kappa shape index (κ1) is 28.5. The molecule has 1 aromatic carbocycles. The summed E-state index contributed by atoms with van der Waals surface area (Å²) in [6.07, 6.45) is 10.1. The Morgan fingerprint density at radius 3 is 2.37 bits per heavy atom. The lowest BCUT2D eigenvalue weighted by atomic mass is 9.93. The van der Waals surface area contributed by atoms with Gasteiger partial charge in [0.15, 0.2) is 11.5 Å². The molecular weight excluding hydrogens is 508 g/mol. The molecule has 0 unspecified atom stereocenters. The average molecular weight is 548 g/mol. The van der Waals surface area contributed by atoms with Gasteiger partial charge in [0, 0.05) is 36.5 Å². The Morgan fingerprint density at radius 2 is 1.82 bits per heavy atom. The van der Waals surface area contributed by atoms with Crippen LogP contribution in [-0.4, -0.2) is 58.4 Å². The number of piperidine rings is 1. The second kappa shape index (κ2) is 11.7. The van der Waals surface area contributed by atoms with Crippen molar-refractivity contribution in [2.24, 2.45) is 5.41 Å². The maximum absolute atomic E-state index is 13.2. The van der Waals surface area contributed by atoms with E-state index < -0.39 is 11.5 Å². The summed E-state index contributed by atoms with van der Waals surface area (Å²) in [5.74, 6) is -1.41. The van der Waals surface area contributed by atoms with Crippen LogP contribution in [0.5, 0.6) is 0 Å². The van der Waals surface area contributed by atoms with E-state index in [1.165, 1.54) is 12.8 Å². The molecule has 0 bridgehead atoms. The number of anilines is 3. The van der Waals surface area contributed by atoms with E-state index in [0.717, 1.165) is 36.5 Å². The Bertz CT molecular complexity index is 1110. The predicted molar refractivity (Wildman–Crippen MR) is 150 cm³/mol. The maximum Gasteiger partial charge on any atom is 0.278 e. The van der Waals surface area contributed by atoms with Gasteiger partial charge in [-0.25, -0.2) is 18.7 Å². The summed E-state index contributed by atoms with van der Waals surface area (Å²) in [6, 6.07) is 7.77. The van der Waals surface area contributed by atoms with Crippen molar-refractivity contribution >= 4 is 35.0 Å². The van der Waals surface area contributed by atoms with Crippen LogP contribution in [0.25, 0.3) is 0 Å². The summed E-state index contributed by atoms with van der Waals surface area (Å²) in [5.41, 5.74) is 1.06. The molecular formula is C28H39F2N5O2S. The first-order valence-corrected chi connectivity index (χ1v) is 14.6. The minimum Gasteiger partial charge on any atom is -0.394 e. The summed E-state index contributed by atoms with van der Waals surface area (Å²) >= 11 is 1.63. The highest BCUT2D eigenvalue weighted by Crippen LogP contribution is 2.54. The molecule has 2 saturated carbocycles.